The molecule has 102 valence electrons. The Morgan fingerprint density at radius 2 is 2.22 bits per heavy atom. The van der Waals surface area contributed by atoms with E-state index in [0.717, 1.165) is 36.7 Å². The maximum atomic E-state index is 9.60. The second kappa shape index (κ2) is 5.75. The highest BCUT2D eigenvalue weighted by Gasteiger charge is 2.26. The first-order valence-corrected chi connectivity index (χ1v) is 7.21. The zero-order valence-electron chi connectivity index (χ0n) is 10.9. The van der Waals surface area contributed by atoms with Crippen LogP contribution >= 0.6 is 11.5 Å². The van der Waals surface area contributed by atoms with E-state index in [9.17, 15) is 5.11 Å². The van der Waals surface area contributed by atoms with Gasteiger partial charge >= 0.3 is 0 Å². The van der Waals surface area contributed by atoms with Gasteiger partial charge in [-0.05, 0) is 44.1 Å². The highest BCUT2D eigenvalue weighted by atomic mass is 32.1. The third-order valence-corrected chi connectivity index (χ3v) is 4.36. The summed E-state index contributed by atoms with van der Waals surface area (Å²) in [6.07, 6.45) is 1.78. The number of aliphatic hydroxyl groups excluding tert-OH is 1. The third kappa shape index (κ3) is 2.70. The maximum absolute atomic E-state index is 9.60. The van der Waals surface area contributed by atoms with Crippen LogP contribution in [-0.4, -0.2) is 35.3 Å². The van der Waals surface area contributed by atoms with E-state index in [1.807, 2.05) is 13.8 Å². The molecule has 0 aromatic carbocycles. The molecular weight excluding hydrogens is 250 g/mol. The Morgan fingerprint density at radius 3 is 2.78 bits per heavy atom. The van der Waals surface area contributed by atoms with Gasteiger partial charge in [0.1, 0.15) is 0 Å². The first kappa shape index (κ1) is 13.4. The van der Waals surface area contributed by atoms with E-state index in [1.165, 1.54) is 11.5 Å². The Labute approximate surface area is 112 Å². The molecule has 1 aliphatic heterocycles. The predicted molar refractivity (Wildman–Crippen MR) is 74.3 cm³/mol. The SMILES string of the molecule is CCOc1c(N)nsc1N1CCC(C(C)O)CC1. The molecule has 0 saturated carbocycles. The van der Waals surface area contributed by atoms with Crippen molar-refractivity contribution >= 4 is 22.4 Å². The Morgan fingerprint density at radius 1 is 1.56 bits per heavy atom. The van der Waals surface area contributed by atoms with Gasteiger partial charge in [0.15, 0.2) is 16.6 Å². The second-order valence-electron chi connectivity index (χ2n) is 4.70. The van der Waals surface area contributed by atoms with Gasteiger partial charge in [-0.15, -0.1) is 0 Å². The van der Waals surface area contributed by atoms with Crippen LogP contribution in [0.2, 0.25) is 0 Å². The van der Waals surface area contributed by atoms with Gasteiger partial charge in [0, 0.05) is 13.1 Å². The number of nitrogens with two attached hydrogens (primary N) is 1. The highest BCUT2D eigenvalue weighted by molar-refractivity contribution is 7.11. The molecule has 0 bridgehead atoms. The Bertz CT molecular complexity index is 387. The van der Waals surface area contributed by atoms with Crippen molar-refractivity contribution in [2.75, 3.05) is 30.3 Å². The minimum Gasteiger partial charge on any atom is -0.487 e. The van der Waals surface area contributed by atoms with Crippen LogP contribution in [0.1, 0.15) is 26.7 Å². The molecule has 18 heavy (non-hydrogen) atoms. The number of piperidine rings is 1. The summed E-state index contributed by atoms with van der Waals surface area (Å²) in [5, 5.41) is 10.6. The smallest absolute Gasteiger partial charge is 0.197 e. The Hall–Kier alpha value is -1.01. The van der Waals surface area contributed by atoms with Crippen molar-refractivity contribution in [1.82, 2.24) is 4.37 Å². The van der Waals surface area contributed by atoms with Crippen LogP contribution in [0.25, 0.3) is 0 Å². The third-order valence-electron chi connectivity index (χ3n) is 3.46. The van der Waals surface area contributed by atoms with Crippen LogP contribution in [0.15, 0.2) is 0 Å². The van der Waals surface area contributed by atoms with E-state index < -0.39 is 0 Å². The molecule has 2 heterocycles. The van der Waals surface area contributed by atoms with Crippen molar-refractivity contribution in [3.8, 4) is 5.75 Å². The molecule has 0 spiro atoms. The van der Waals surface area contributed by atoms with Gasteiger partial charge < -0.3 is 20.5 Å². The van der Waals surface area contributed by atoms with Crippen molar-refractivity contribution in [2.45, 2.75) is 32.8 Å². The second-order valence-corrected chi connectivity index (χ2v) is 5.45. The van der Waals surface area contributed by atoms with Crippen molar-refractivity contribution in [3.63, 3.8) is 0 Å². The van der Waals surface area contributed by atoms with Crippen LogP contribution in [0.5, 0.6) is 5.75 Å². The molecule has 6 heteroatoms. The van der Waals surface area contributed by atoms with Gasteiger partial charge in [0.05, 0.1) is 12.7 Å². The summed E-state index contributed by atoms with van der Waals surface area (Å²) in [4.78, 5) is 2.26. The Kier molecular flexibility index (Phi) is 4.29. The van der Waals surface area contributed by atoms with Gasteiger partial charge in [0.2, 0.25) is 0 Å². The van der Waals surface area contributed by atoms with Crippen LogP contribution < -0.4 is 15.4 Å². The average Bonchev–Trinajstić information content (AvgIpc) is 2.72. The van der Waals surface area contributed by atoms with Crippen LogP contribution in [0, 0.1) is 5.92 Å². The minimum absolute atomic E-state index is 0.218. The van der Waals surface area contributed by atoms with Crippen LogP contribution in [-0.2, 0) is 0 Å². The number of anilines is 2. The summed E-state index contributed by atoms with van der Waals surface area (Å²) in [6, 6.07) is 0. The fourth-order valence-corrected chi connectivity index (χ4v) is 3.16. The first-order valence-electron chi connectivity index (χ1n) is 6.44. The number of aliphatic hydroxyl groups is 1. The summed E-state index contributed by atoms with van der Waals surface area (Å²) in [5.74, 6) is 1.61. The van der Waals surface area contributed by atoms with Crippen molar-refractivity contribution < 1.29 is 9.84 Å². The fraction of sp³-hybridized carbons (Fsp3) is 0.750. The number of ether oxygens (including phenoxy) is 1. The molecule has 1 atom stereocenters. The van der Waals surface area contributed by atoms with Gasteiger partial charge in [-0.3, -0.25) is 0 Å². The van der Waals surface area contributed by atoms with Crippen LogP contribution in [0.4, 0.5) is 10.8 Å². The maximum Gasteiger partial charge on any atom is 0.197 e. The number of rotatable bonds is 4. The van der Waals surface area contributed by atoms with Gasteiger partial charge in [-0.25, -0.2) is 0 Å². The summed E-state index contributed by atoms with van der Waals surface area (Å²) in [7, 11) is 0. The summed E-state index contributed by atoms with van der Waals surface area (Å²) in [6.45, 7) is 6.27. The lowest BCUT2D eigenvalue weighted by molar-refractivity contribution is 0.110. The molecule has 0 radical (unpaired) electrons. The molecule has 1 aromatic rings. The molecule has 1 fully saturated rings. The predicted octanol–water partition coefficient (Wildman–Crippen LogP) is 1.72. The normalized spacial score (nSPS) is 18.9. The average molecular weight is 271 g/mol. The van der Waals surface area contributed by atoms with Gasteiger partial charge in [-0.2, -0.15) is 4.37 Å². The standard InChI is InChI=1S/C12H21N3O2S/c1-3-17-10-11(13)14-18-12(10)15-6-4-9(5-7-15)8(2)16/h8-9,16H,3-7H2,1-2H3,(H2,13,14). The zero-order valence-corrected chi connectivity index (χ0v) is 11.7. The number of aromatic nitrogens is 1. The molecule has 3 N–H and O–H groups in total. The van der Waals surface area contributed by atoms with E-state index in [-0.39, 0.29) is 6.10 Å². The first-order chi connectivity index (χ1) is 8.63. The molecule has 1 aliphatic rings. The monoisotopic (exact) mass is 271 g/mol. The van der Waals surface area contributed by atoms with Gasteiger partial charge in [-0.1, -0.05) is 0 Å². The van der Waals surface area contributed by atoms with E-state index in [0.29, 0.717) is 18.3 Å². The molecule has 5 nitrogen and oxygen atoms in total. The number of hydrogen-bond acceptors (Lipinski definition) is 6. The van der Waals surface area contributed by atoms with Crippen molar-refractivity contribution in [1.29, 1.82) is 0 Å². The molecule has 0 aliphatic carbocycles. The highest BCUT2D eigenvalue weighted by Crippen LogP contribution is 2.40. The zero-order chi connectivity index (χ0) is 13.1. The van der Waals surface area contributed by atoms with E-state index in [4.69, 9.17) is 10.5 Å². The van der Waals surface area contributed by atoms with Crippen LogP contribution in [0.3, 0.4) is 0 Å². The largest absolute Gasteiger partial charge is 0.487 e. The lowest BCUT2D eigenvalue weighted by atomic mass is 9.92. The van der Waals surface area contributed by atoms with Crippen molar-refractivity contribution in [3.05, 3.63) is 0 Å². The number of nitrogen functional groups attached to an aromatic ring is 1. The molecule has 0 amide bonds. The summed E-state index contributed by atoms with van der Waals surface area (Å²) in [5.41, 5.74) is 5.82. The number of hydrogen-bond donors (Lipinski definition) is 2. The lowest BCUT2D eigenvalue weighted by Gasteiger charge is -2.33. The molecule has 1 unspecified atom stereocenters. The molecule has 1 saturated heterocycles. The summed E-state index contributed by atoms with van der Waals surface area (Å²) < 4.78 is 9.74. The lowest BCUT2D eigenvalue weighted by Crippen LogP contribution is -2.36. The summed E-state index contributed by atoms with van der Waals surface area (Å²) >= 11 is 1.40. The van der Waals surface area contributed by atoms with Gasteiger partial charge in [0.25, 0.3) is 0 Å². The molecule has 1 aromatic heterocycles. The van der Waals surface area contributed by atoms with E-state index in [2.05, 4.69) is 9.27 Å². The minimum atomic E-state index is -0.218. The van der Waals surface area contributed by atoms with E-state index >= 15 is 0 Å². The fourth-order valence-electron chi connectivity index (χ4n) is 2.35. The topological polar surface area (TPSA) is 71.6 Å². The molecular formula is C12H21N3O2S. The number of nitrogens with zero attached hydrogens (tertiary/aromatic N) is 2. The van der Waals surface area contributed by atoms with E-state index in [1.54, 1.807) is 0 Å². The quantitative estimate of drug-likeness (QED) is 0.872. The molecule has 2 rings (SSSR count). The Balaban J connectivity index is 2.05. The van der Waals surface area contributed by atoms with Crippen molar-refractivity contribution in [2.24, 2.45) is 5.92 Å².